The van der Waals surface area contributed by atoms with Crippen LogP contribution in [0.3, 0.4) is 0 Å². The van der Waals surface area contributed by atoms with Crippen molar-refractivity contribution < 1.29 is 13.9 Å². The van der Waals surface area contributed by atoms with Crippen molar-refractivity contribution in [2.24, 2.45) is 0 Å². The number of hydrogen-bond acceptors (Lipinski definition) is 5. The van der Waals surface area contributed by atoms with Crippen molar-refractivity contribution in [2.75, 3.05) is 17.7 Å². The van der Waals surface area contributed by atoms with Gasteiger partial charge in [-0.05, 0) is 55.0 Å². The summed E-state index contributed by atoms with van der Waals surface area (Å²) in [4.78, 5) is 17.4. The lowest BCUT2D eigenvalue weighted by Crippen LogP contribution is -2.13. The molecular formula is C20H19FN2O2S2. The Balaban J connectivity index is 1.54. The third-order valence-electron chi connectivity index (χ3n) is 3.56. The monoisotopic (exact) mass is 402 g/mol. The van der Waals surface area contributed by atoms with Crippen LogP contribution < -0.4 is 10.1 Å². The number of hydrogen-bond donors (Lipinski definition) is 1. The molecule has 0 aliphatic carbocycles. The summed E-state index contributed by atoms with van der Waals surface area (Å²) in [6.45, 7) is 2.76. The molecule has 0 bridgehead atoms. The topological polar surface area (TPSA) is 51.2 Å². The molecule has 0 fully saturated rings. The summed E-state index contributed by atoms with van der Waals surface area (Å²) >= 11 is 2.73. The van der Waals surface area contributed by atoms with Crippen molar-refractivity contribution in [2.45, 2.75) is 18.2 Å². The fraction of sp³-hybridized carbons (Fsp3) is 0.200. The Morgan fingerprint density at radius 3 is 2.63 bits per heavy atom. The normalized spacial score (nSPS) is 10.6. The average Bonchev–Trinajstić information content (AvgIpc) is 3.14. The molecule has 7 heteroatoms. The van der Waals surface area contributed by atoms with Gasteiger partial charge in [-0.2, -0.15) is 0 Å². The zero-order chi connectivity index (χ0) is 19.1. The second-order valence-corrected chi connectivity index (χ2v) is 7.61. The smallest absolute Gasteiger partial charge is 0.236 e. The van der Waals surface area contributed by atoms with Crippen LogP contribution in [0.4, 0.5) is 9.52 Å². The van der Waals surface area contributed by atoms with Gasteiger partial charge < -0.3 is 10.1 Å². The first kappa shape index (κ1) is 19.4. The van der Waals surface area contributed by atoms with Crippen LogP contribution in [0, 0.1) is 5.82 Å². The Kier molecular flexibility index (Phi) is 6.84. The summed E-state index contributed by atoms with van der Waals surface area (Å²) in [5.74, 6) is 0.643. The minimum Gasteiger partial charge on any atom is -0.494 e. The zero-order valence-electron chi connectivity index (χ0n) is 14.8. The first-order chi connectivity index (χ1) is 13.1. The van der Waals surface area contributed by atoms with Gasteiger partial charge in [0.1, 0.15) is 11.6 Å². The lowest BCUT2D eigenvalue weighted by atomic mass is 10.2. The maximum absolute atomic E-state index is 12.9. The van der Waals surface area contributed by atoms with E-state index in [9.17, 15) is 9.18 Å². The van der Waals surface area contributed by atoms with E-state index in [1.54, 1.807) is 12.1 Å². The lowest BCUT2D eigenvalue weighted by molar-refractivity contribution is -0.113. The third-order valence-corrected chi connectivity index (χ3v) is 5.33. The first-order valence-electron chi connectivity index (χ1n) is 8.51. The number of carbonyl (C=O) groups is 1. The van der Waals surface area contributed by atoms with Gasteiger partial charge in [-0.1, -0.05) is 6.92 Å². The van der Waals surface area contributed by atoms with Crippen LogP contribution in [0.25, 0.3) is 11.3 Å². The van der Waals surface area contributed by atoms with E-state index >= 15 is 0 Å². The third kappa shape index (κ3) is 5.80. The molecule has 3 aromatic rings. The zero-order valence-corrected chi connectivity index (χ0v) is 16.4. The van der Waals surface area contributed by atoms with E-state index in [1.807, 2.05) is 29.6 Å². The van der Waals surface area contributed by atoms with Crippen molar-refractivity contribution in [3.05, 3.63) is 59.7 Å². The van der Waals surface area contributed by atoms with E-state index in [1.165, 1.54) is 35.2 Å². The van der Waals surface area contributed by atoms with Crippen LogP contribution in [-0.2, 0) is 4.79 Å². The molecule has 1 heterocycles. The number of anilines is 1. The average molecular weight is 403 g/mol. The summed E-state index contributed by atoms with van der Waals surface area (Å²) < 4.78 is 18.5. The highest BCUT2D eigenvalue weighted by atomic mass is 32.2. The van der Waals surface area contributed by atoms with Gasteiger partial charge in [0.2, 0.25) is 5.91 Å². The Bertz CT molecular complexity index is 880. The summed E-state index contributed by atoms with van der Waals surface area (Å²) in [6.07, 6.45) is 0.969. The van der Waals surface area contributed by atoms with E-state index in [-0.39, 0.29) is 17.5 Å². The molecule has 140 valence electrons. The molecule has 4 nitrogen and oxygen atoms in total. The molecule has 1 N–H and O–H groups in total. The SMILES string of the molecule is CCCOc1ccc(-c2csc(NC(=O)CSc3ccc(F)cc3)n2)cc1. The van der Waals surface area contributed by atoms with Gasteiger partial charge in [-0.15, -0.1) is 23.1 Å². The molecular weight excluding hydrogens is 383 g/mol. The summed E-state index contributed by atoms with van der Waals surface area (Å²) in [6, 6.07) is 13.8. The van der Waals surface area contributed by atoms with Gasteiger partial charge in [0.15, 0.2) is 5.13 Å². The second-order valence-electron chi connectivity index (χ2n) is 5.70. The largest absolute Gasteiger partial charge is 0.494 e. The first-order valence-corrected chi connectivity index (χ1v) is 10.4. The number of carbonyl (C=O) groups excluding carboxylic acids is 1. The molecule has 0 spiro atoms. The number of nitrogens with zero attached hydrogens (tertiary/aromatic N) is 1. The molecule has 27 heavy (non-hydrogen) atoms. The number of amides is 1. The second kappa shape index (κ2) is 9.53. The predicted octanol–water partition coefficient (Wildman–Crippen LogP) is 5.47. The minimum atomic E-state index is -0.288. The molecule has 0 saturated heterocycles. The molecule has 0 saturated carbocycles. The molecule has 2 aromatic carbocycles. The molecule has 0 aliphatic rings. The number of benzene rings is 2. The van der Waals surface area contributed by atoms with Gasteiger partial charge in [-0.3, -0.25) is 4.79 Å². The number of ether oxygens (including phenoxy) is 1. The van der Waals surface area contributed by atoms with Crippen LogP contribution in [0.2, 0.25) is 0 Å². The highest BCUT2D eigenvalue weighted by molar-refractivity contribution is 8.00. The molecule has 1 aromatic heterocycles. The van der Waals surface area contributed by atoms with Crippen molar-refractivity contribution in [1.82, 2.24) is 4.98 Å². The Hall–Kier alpha value is -2.38. The van der Waals surface area contributed by atoms with Gasteiger partial charge in [0.05, 0.1) is 18.1 Å². The van der Waals surface area contributed by atoms with Crippen LogP contribution in [-0.4, -0.2) is 23.3 Å². The fourth-order valence-corrected chi connectivity index (χ4v) is 3.67. The van der Waals surface area contributed by atoms with Crippen LogP contribution >= 0.6 is 23.1 Å². The van der Waals surface area contributed by atoms with Crippen LogP contribution in [0.15, 0.2) is 58.8 Å². The fourth-order valence-electron chi connectivity index (χ4n) is 2.24. The molecule has 0 radical (unpaired) electrons. The Labute approximate surface area is 165 Å². The van der Waals surface area contributed by atoms with E-state index in [0.717, 1.165) is 28.3 Å². The van der Waals surface area contributed by atoms with Crippen LogP contribution in [0.1, 0.15) is 13.3 Å². The quantitative estimate of drug-likeness (QED) is 0.508. The Morgan fingerprint density at radius 2 is 1.93 bits per heavy atom. The molecule has 0 aliphatic heterocycles. The summed E-state index contributed by atoms with van der Waals surface area (Å²) in [7, 11) is 0. The molecule has 0 atom stereocenters. The maximum atomic E-state index is 12.9. The van der Waals surface area contributed by atoms with Crippen molar-refractivity contribution in [1.29, 1.82) is 0 Å². The predicted molar refractivity (Wildman–Crippen MR) is 109 cm³/mol. The van der Waals surface area contributed by atoms with Gasteiger partial charge >= 0.3 is 0 Å². The highest BCUT2D eigenvalue weighted by Crippen LogP contribution is 2.27. The molecule has 3 rings (SSSR count). The van der Waals surface area contributed by atoms with Crippen molar-refractivity contribution in [3.8, 4) is 17.0 Å². The van der Waals surface area contributed by atoms with E-state index < -0.39 is 0 Å². The van der Waals surface area contributed by atoms with Gasteiger partial charge in [0.25, 0.3) is 0 Å². The summed E-state index contributed by atoms with van der Waals surface area (Å²) in [5.41, 5.74) is 1.78. The van der Waals surface area contributed by atoms with E-state index in [4.69, 9.17) is 4.74 Å². The lowest BCUT2D eigenvalue weighted by Gasteiger charge is -2.04. The van der Waals surface area contributed by atoms with E-state index in [2.05, 4.69) is 17.2 Å². The van der Waals surface area contributed by atoms with E-state index in [0.29, 0.717) is 11.7 Å². The Morgan fingerprint density at radius 1 is 1.19 bits per heavy atom. The van der Waals surface area contributed by atoms with Gasteiger partial charge in [0, 0.05) is 15.8 Å². The number of aromatic nitrogens is 1. The number of halogens is 1. The van der Waals surface area contributed by atoms with Gasteiger partial charge in [-0.25, -0.2) is 9.37 Å². The molecule has 1 amide bonds. The van der Waals surface area contributed by atoms with Crippen LogP contribution in [0.5, 0.6) is 5.75 Å². The number of thioether (sulfide) groups is 1. The highest BCUT2D eigenvalue weighted by Gasteiger charge is 2.09. The number of thiazole rings is 1. The molecule has 0 unspecified atom stereocenters. The maximum Gasteiger partial charge on any atom is 0.236 e. The van der Waals surface area contributed by atoms with Crippen molar-refractivity contribution in [3.63, 3.8) is 0 Å². The number of nitrogens with one attached hydrogen (secondary N) is 1. The standard InChI is InChI=1S/C20H19FN2O2S2/c1-2-11-25-16-7-3-14(4-8-16)18-12-27-20(22-18)23-19(24)13-26-17-9-5-15(21)6-10-17/h3-10,12H,2,11,13H2,1H3,(H,22,23,24). The summed E-state index contributed by atoms with van der Waals surface area (Å²) in [5, 5.41) is 5.27. The van der Waals surface area contributed by atoms with Crippen molar-refractivity contribution >= 4 is 34.1 Å². The number of rotatable bonds is 8. The minimum absolute atomic E-state index is 0.145.